The van der Waals surface area contributed by atoms with Gasteiger partial charge in [-0.25, -0.2) is 0 Å². The van der Waals surface area contributed by atoms with Crippen LogP contribution >= 0.6 is 0 Å². The molecule has 128 valence electrons. The monoisotopic (exact) mass is 337 g/mol. The molecule has 6 heteroatoms. The molecule has 6 nitrogen and oxygen atoms in total. The minimum atomic E-state index is -0.403. The molecule has 1 amide bonds. The average Bonchev–Trinajstić information content (AvgIpc) is 3.12. The Morgan fingerprint density at radius 1 is 1.16 bits per heavy atom. The van der Waals surface area contributed by atoms with Gasteiger partial charge < -0.3 is 14.6 Å². The maximum absolute atomic E-state index is 12.3. The van der Waals surface area contributed by atoms with Crippen molar-refractivity contribution in [1.29, 1.82) is 0 Å². The molecule has 0 spiro atoms. The number of aromatic nitrogens is 2. The second kappa shape index (κ2) is 7.17. The molecule has 2 aromatic carbocycles. The summed E-state index contributed by atoms with van der Waals surface area (Å²) in [6.07, 6.45) is 0. The van der Waals surface area contributed by atoms with Crippen molar-refractivity contribution in [3.05, 3.63) is 65.5 Å². The first kappa shape index (κ1) is 16.7. The topological polar surface area (TPSA) is 77.2 Å². The van der Waals surface area contributed by atoms with E-state index in [1.165, 1.54) is 0 Å². The molecule has 3 aromatic rings. The quantitative estimate of drug-likeness (QED) is 0.770. The van der Waals surface area contributed by atoms with Crippen LogP contribution in [0.3, 0.4) is 0 Å². The fraction of sp³-hybridized carbons (Fsp3) is 0.211. The summed E-state index contributed by atoms with van der Waals surface area (Å²) in [5.41, 5.74) is 2.50. The van der Waals surface area contributed by atoms with Crippen LogP contribution in [-0.2, 0) is 0 Å². The third-order valence-corrected chi connectivity index (χ3v) is 3.90. The van der Waals surface area contributed by atoms with Crippen LogP contribution in [0.15, 0.2) is 53.1 Å². The first-order valence-electron chi connectivity index (χ1n) is 7.93. The number of nitrogens with one attached hydrogen (secondary N) is 1. The van der Waals surface area contributed by atoms with Crippen LogP contribution < -0.4 is 10.1 Å². The number of methoxy groups -OCH3 is 1. The number of carbonyl (C=O) groups excluding carboxylic acids is 1. The molecular formula is C19H19N3O3. The summed E-state index contributed by atoms with van der Waals surface area (Å²) in [5.74, 6) is 1.36. The van der Waals surface area contributed by atoms with Gasteiger partial charge in [0.05, 0.1) is 7.11 Å². The fourth-order valence-corrected chi connectivity index (χ4v) is 2.43. The van der Waals surface area contributed by atoms with Crippen molar-refractivity contribution in [2.24, 2.45) is 0 Å². The lowest BCUT2D eigenvalue weighted by atomic mass is 10.1. The smallest absolute Gasteiger partial charge is 0.251 e. The number of benzene rings is 2. The summed E-state index contributed by atoms with van der Waals surface area (Å²) in [4.78, 5) is 16.7. The van der Waals surface area contributed by atoms with Gasteiger partial charge in [0, 0.05) is 11.1 Å². The van der Waals surface area contributed by atoms with Crippen LogP contribution in [0.5, 0.6) is 5.75 Å². The highest BCUT2D eigenvalue weighted by Crippen LogP contribution is 2.22. The van der Waals surface area contributed by atoms with E-state index in [0.717, 1.165) is 11.1 Å². The predicted octanol–water partition coefficient (Wildman–Crippen LogP) is 3.54. The number of rotatable bonds is 5. The maximum Gasteiger partial charge on any atom is 0.251 e. The van der Waals surface area contributed by atoms with Crippen LogP contribution in [0, 0.1) is 6.92 Å². The Balaban J connectivity index is 1.72. The zero-order valence-corrected chi connectivity index (χ0v) is 14.3. The third-order valence-electron chi connectivity index (χ3n) is 3.90. The summed E-state index contributed by atoms with van der Waals surface area (Å²) >= 11 is 0. The van der Waals surface area contributed by atoms with E-state index in [1.54, 1.807) is 38.3 Å². The third kappa shape index (κ3) is 3.68. The van der Waals surface area contributed by atoms with Crippen LogP contribution in [0.4, 0.5) is 0 Å². The van der Waals surface area contributed by atoms with E-state index in [2.05, 4.69) is 15.5 Å². The molecule has 0 saturated carbocycles. The molecule has 0 unspecified atom stereocenters. The van der Waals surface area contributed by atoms with Crippen LogP contribution in [0.25, 0.3) is 11.4 Å². The number of aryl methyl sites for hydroxylation is 1. The molecule has 0 saturated heterocycles. The van der Waals surface area contributed by atoms with E-state index < -0.39 is 6.04 Å². The molecule has 0 fully saturated rings. The van der Waals surface area contributed by atoms with E-state index in [9.17, 15) is 4.79 Å². The van der Waals surface area contributed by atoms with E-state index in [4.69, 9.17) is 9.26 Å². The van der Waals surface area contributed by atoms with Crippen LogP contribution in [0.1, 0.15) is 34.8 Å². The van der Waals surface area contributed by atoms with Gasteiger partial charge in [0.25, 0.3) is 5.91 Å². The van der Waals surface area contributed by atoms with Crippen molar-refractivity contribution in [3.63, 3.8) is 0 Å². The van der Waals surface area contributed by atoms with Crippen molar-refractivity contribution in [2.45, 2.75) is 19.9 Å². The van der Waals surface area contributed by atoms with Crippen molar-refractivity contribution in [1.82, 2.24) is 15.5 Å². The van der Waals surface area contributed by atoms with Gasteiger partial charge in [-0.15, -0.1) is 0 Å². The highest BCUT2D eigenvalue weighted by atomic mass is 16.5. The Morgan fingerprint density at radius 3 is 2.56 bits per heavy atom. The van der Waals surface area contributed by atoms with Crippen molar-refractivity contribution in [3.8, 4) is 17.1 Å². The zero-order chi connectivity index (χ0) is 17.8. The first-order valence-corrected chi connectivity index (χ1v) is 7.93. The maximum atomic E-state index is 12.3. The molecule has 0 aliphatic rings. The second-order valence-electron chi connectivity index (χ2n) is 5.69. The molecule has 0 radical (unpaired) electrons. The van der Waals surface area contributed by atoms with Gasteiger partial charge in [-0.05, 0) is 43.7 Å². The summed E-state index contributed by atoms with van der Waals surface area (Å²) in [6, 6.07) is 14.3. The summed E-state index contributed by atoms with van der Waals surface area (Å²) in [7, 11) is 1.58. The number of nitrogens with zero attached hydrogens (tertiary/aromatic N) is 2. The minimum absolute atomic E-state index is 0.217. The lowest BCUT2D eigenvalue weighted by Crippen LogP contribution is -2.26. The minimum Gasteiger partial charge on any atom is -0.497 e. The molecule has 3 rings (SSSR count). The largest absolute Gasteiger partial charge is 0.497 e. The predicted molar refractivity (Wildman–Crippen MR) is 93.3 cm³/mol. The molecular weight excluding hydrogens is 318 g/mol. The van der Waals surface area contributed by atoms with Gasteiger partial charge in [0.15, 0.2) is 0 Å². The fourth-order valence-electron chi connectivity index (χ4n) is 2.43. The van der Waals surface area contributed by atoms with Gasteiger partial charge >= 0.3 is 0 Å². The molecule has 1 heterocycles. The van der Waals surface area contributed by atoms with Gasteiger partial charge in [-0.2, -0.15) is 4.98 Å². The van der Waals surface area contributed by atoms with E-state index in [0.29, 0.717) is 23.0 Å². The first-order chi connectivity index (χ1) is 12.1. The number of ether oxygens (including phenoxy) is 1. The Hall–Kier alpha value is -3.15. The van der Waals surface area contributed by atoms with Crippen molar-refractivity contribution >= 4 is 5.91 Å². The molecule has 1 aromatic heterocycles. The lowest BCUT2D eigenvalue weighted by molar-refractivity contribution is 0.0932. The zero-order valence-electron chi connectivity index (χ0n) is 14.3. The van der Waals surface area contributed by atoms with E-state index in [1.807, 2.05) is 31.2 Å². The standard InChI is InChI=1S/C19H19N3O3/c1-12-6-4-5-7-16(12)17-21-19(25-22-17)13(2)20-18(23)14-8-10-15(24-3)11-9-14/h4-11,13H,1-3H3,(H,20,23)/t13-/m0/s1. The number of hydrogen-bond acceptors (Lipinski definition) is 5. The molecule has 0 aliphatic carbocycles. The Labute approximate surface area is 145 Å². The Bertz CT molecular complexity index is 872. The molecule has 25 heavy (non-hydrogen) atoms. The summed E-state index contributed by atoms with van der Waals surface area (Å²) in [6.45, 7) is 3.79. The Morgan fingerprint density at radius 2 is 1.88 bits per heavy atom. The van der Waals surface area contributed by atoms with Gasteiger partial charge in [0.1, 0.15) is 11.8 Å². The van der Waals surface area contributed by atoms with E-state index in [-0.39, 0.29) is 5.91 Å². The molecule has 0 bridgehead atoms. The SMILES string of the molecule is COc1ccc(C(=O)N[C@@H](C)c2nc(-c3ccccc3C)no2)cc1. The van der Waals surface area contributed by atoms with E-state index >= 15 is 0 Å². The van der Waals surface area contributed by atoms with Gasteiger partial charge in [-0.3, -0.25) is 4.79 Å². The highest BCUT2D eigenvalue weighted by molar-refractivity contribution is 5.94. The van der Waals surface area contributed by atoms with Gasteiger partial charge in [0.2, 0.25) is 11.7 Å². The number of carbonyl (C=O) groups is 1. The number of amides is 1. The van der Waals surface area contributed by atoms with Gasteiger partial charge in [-0.1, -0.05) is 29.4 Å². The summed E-state index contributed by atoms with van der Waals surface area (Å²) < 4.78 is 10.4. The number of hydrogen-bond donors (Lipinski definition) is 1. The van der Waals surface area contributed by atoms with Crippen LogP contribution in [-0.4, -0.2) is 23.2 Å². The molecule has 0 aliphatic heterocycles. The normalized spacial score (nSPS) is 11.8. The Kier molecular flexibility index (Phi) is 4.79. The molecule has 1 atom stereocenters. The van der Waals surface area contributed by atoms with Crippen molar-refractivity contribution < 1.29 is 14.1 Å². The second-order valence-corrected chi connectivity index (χ2v) is 5.69. The highest BCUT2D eigenvalue weighted by Gasteiger charge is 2.18. The lowest BCUT2D eigenvalue weighted by Gasteiger charge is -2.10. The molecule has 1 N–H and O–H groups in total. The summed E-state index contributed by atoms with van der Waals surface area (Å²) in [5, 5.41) is 6.87. The van der Waals surface area contributed by atoms with Crippen molar-refractivity contribution in [2.75, 3.05) is 7.11 Å². The van der Waals surface area contributed by atoms with Crippen LogP contribution in [0.2, 0.25) is 0 Å². The average molecular weight is 337 g/mol.